The van der Waals surface area contributed by atoms with Crippen molar-refractivity contribution in [3.8, 4) is 6.07 Å². The van der Waals surface area contributed by atoms with Crippen molar-refractivity contribution >= 4 is 28.7 Å². The Bertz CT molecular complexity index is 1420. The summed E-state index contributed by atoms with van der Waals surface area (Å²) in [4.78, 5) is 22.9. The molecule has 4 aromatic rings. The third kappa shape index (κ3) is 4.78. The molecule has 0 fully saturated rings. The van der Waals surface area contributed by atoms with E-state index in [0.717, 1.165) is 22.0 Å². The SMILES string of the molecule is N#Cc1ccccc1Cn1cc(/C=N/NC(=O)Cc2ccccc2[N+](=O)[O-])c2ccccc21. The van der Waals surface area contributed by atoms with E-state index in [-0.39, 0.29) is 12.1 Å². The summed E-state index contributed by atoms with van der Waals surface area (Å²) in [5.41, 5.74) is 5.96. The van der Waals surface area contributed by atoms with Crippen molar-refractivity contribution < 1.29 is 9.72 Å². The normalized spacial score (nSPS) is 10.9. The number of fused-ring (bicyclic) bond motifs is 1. The smallest absolute Gasteiger partial charge is 0.273 e. The van der Waals surface area contributed by atoms with E-state index in [4.69, 9.17) is 0 Å². The molecule has 0 saturated carbocycles. The lowest BCUT2D eigenvalue weighted by atomic mass is 10.1. The minimum absolute atomic E-state index is 0.0997. The van der Waals surface area contributed by atoms with E-state index >= 15 is 0 Å². The number of nitro benzene ring substituents is 1. The van der Waals surface area contributed by atoms with Gasteiger partial charge in [0.2, 0.25) is 5.91 Å². The maximum atomic E-state index is 12.3. The number of benzene rings is 3. The predicted molar refractivity (Wildman–Crippen MR) is 125 cm³/mol. The van der Waals surface area contributed by atoms with Crippen LogP contribution in [0, 0.1) is 21.4 Å². The van der Waals surface area contributed by atoms with E-state index in [1.165, 1.54) is 6.07 Å². The van der Waals surface area contributed by atoms with Gasteiger partial charge in [-0.1, -0.05) is 54.6 Å². The maximum Gasteiger partial charge on any atom is 0.273 e. The molecule has 3 aromatic carbocycles. The second-order valence-electron chi connectivity index (χ2n) is 7.35. The van der Waals surface area contributed by atoms with Crippen LogP contribution >= 0.6 is 0 Å². The highest BCUT2D eigenvalue weighted by Crippen LogP contribution is 2.22. The highest BCUT2D eigenvalue weighted by Gasteiger charge is 2.15. The highest BCUT2D eigenvalue weighted by atomic mass is 16.6. The van der Waals surface area contributed by atoms with Crippen molar-refractivity contribution in [2.24, 2.45) is 5.10 Å². The Morgan fingerprint density at radius 1 is 1.06 bits per heavy atom. The summed E-state index contributed by atoms with van der Waals surface area (Å²) >= 11 is 0. The van der Waals surface area contributed by atoms with Gasteiger partial charge in [0.15, 0.2) is 0 Å². The average molecular weight is 437 g/mol. The number of nitrogens with zero attached hydrogens (tertiary/aromatic N) is 4. The molecule has 0 spiro atoms. The van der Waals surface area contributed by atoms with E-state index in [1.807, 2.05) is 53.2 Å². The van der Waals surface area contributed by atoms with Crippen molar-refractivity contribution in [1.29, 1.82) is 5.26 Å². The summed E-state index contributed by atoms with van der Waals surface area (Å²) in [7, 11) is 0. The van der Waals surface area contributed by atoms with Gasteiger partial charge in [-0.15, -0.1) is 0 Å². The first-order valence-electron chi connectivity index (χ1n) is 10.2. The van der Waals surface area contributed by atoms with Crippen LogP contribution in [0.5, 0.6) is 0 Å². The van der Waals surface area contributed by atoms with Crippen LogP contribution in [0.25, 0.3) is 10.9 Å². The topological polar surface area (TPSA) is 113 Å². The minimum Gasteiger partial charge on any atom is -0.342 e. The van der Waals surface area contributed by atoms with E-state index in [1.54, 1.807) is 30.5 Å². The van der Waals surface area contributed by atoms with E-state index in [0.29, 0.717) is 17.7 Å². The van der Waals surface area contributed by atoms with Crippen molar-refractivity contribution in [3.63, 3.8) is 0 Å². The monoisotopic (exact) mass is 437 g/mol. The van der Waals surface area contributed by atoms with Crippen LogP contribution in [0.2, 0.25) is 0 Å². The Morgan fingerprint density at radius 2 is 1.76 bits per heavy atom. The summed E-state index contributed by atoms with van der Waals surface area (Å²) in [5.74, 6) is -0.452. The number of nitriles is 1. The fourth-order valence-electron chi connectivity index (χ4n) is 3.68. The van der Waals surface area contributed by atoms with Gasteiger partial charge in [0.1, 0.15) is 0 Å². The van der Waals surface area contributed by atoms with E-state index < -0.39 is 10.8 Å². The van der Waals surface area contributed by atoms with Gasteiger partial charge in [0.25, 0.3) is 5.69 Å². The van der Waals surface area contributed by atoms with Gasteiger partial charge in [0, 0.05) is 40.8 Å². The van der Waals surface area contributed by atoms with Crippen molar-refractivity contribution in [3.05, 3.63) is 111 Å². The molecule has 8 heteroatoms. The number of carbonyl (C=O) groups is 1. The third-order valence-electron chi connectivity index (χ3n) is 5.23. The summed E-state index contributed by atoms with van der Waals surface area (Å²) in [6, 6.07) is 23.6. The van der Waals surface area contributed by atoms with Gasteiger partial charge in [-0.2, -0.15) is 10.4 Å². The molecule has 0 radical (unpaired) electrons. The fourth-order valence-corrected chi connectivity index (χ4v) is 3.68. The Labute approximate surface area is 189 Å². The minimum atomic E-state index is -0.509. The number of carbonyl (C=O) groups excluding carboxylic acids is 1. The number of amides is 1. The van der Waals surface area contributed by atoms with Crippen LogP contribution in [-0.2, 0) is 17.8 Å². The predicted octanol–water partition coefficient (Wildman–Crippen LogP) is 4.16. The molecule has 0 unspecified atom stereocenters. The molecule has 4 rings (SSSR count). The molecular weight excluding hydrogens is 418 g/mol. The molecule has 162 valence electrons. The molecule has 1 N–H and O–H groups in total. The van der Waals surface area contributed by atoms with Crippen LogP contribution in [0.3, 0.4) is 0 Å². The van der Waals surface area contributed by atoms with Crippen LogP contribution in [-0.4, -0.2) is 21.6 Å². The zero-order chi connectivity index (χ0) is 23.2. The second kappa shape index (κ2) is 9.58. The van der Waals surface area contributed by atoms with Crippen LogP contribution in [0.4, 0.5) is 5.69 Å². The first-order chi connectivity index (χ1) is 16.1. The number of rotatable bonds is 7. The van der Waals surface area contributed by atoms with Gasteiger partial charge in [-0.25, -0.2) is 5.43 Å². The van der Waals surface area contributed by atoms with Crippen molar-refractivity contribution in [1.82, 2.24) is 9.99 Å². The lowest BCUT2D eigenvalue weighted by molar-refractivity contribution is -0.385. The average Bonchev–Trinajstić information content (AvgIpc) is 3.17. The molecule has 1 aromatic heterocycles. The van der Waals surface area contributed by atoms with Gasteiger partial charge in [-0.05, 0) is 17.7 Å². The Morgan fingerprint density at radius 3 is 2.55 bits per heavy atom. The fraction of sp³-hybridized carbons (Fsp3) is 0.0800. The van der Waals surface area contributed by atoms with E-state index in [2.05, 4.69) is 16.6 Å². The zero-order valence-electron chi connectivity index (χ0n) is 17.5. The first kappa shape index (κ1) is 21.5. The first-order valence-corrected chi connectivity index (χ1v) is 10.2. The zero-order valence-corrected chi connectivity index (χ0v) is 17.5. The van der Waals surface area contributed by atoms with Crippen LogP contribution < -0.4 is 5.43 Å². The lowest BCUT2D eigenvalue weighted by Gasteiger charge is -2.07. The molecule has 0 aliphatic carbocycles. The summed E-state index contributed by atoms with van der Waals surface area (Å²) in [6.07, 6.45) is 3.31. The molecule has 0 bridgehead atoms. The molecular formula is C25H19N5O3. The number of aromatic nitrogens is 1. The lowest BCUT2D eigenvalue weighted by Crippen LogP contribution is -2.20. The number of hydrogen-bond acceptors (Lipinski definition) is 5. The van der Waals surface area contributed by atoms with Gasteiger partial charge >= 0.3 is 0 Å². The number of nitro groups is 1. The summed E-state index contributed by atoms with van der Waals surface area (Å²) in [5, 5.41) is 25.5. The highest BCUT2D eigenvalue weighted by molar-refractivity contribution is 5.99. The quantitative estimate of drug-likeness (QED) is 0.266. The maximum absolute atomic E-state index is 12.3. The van der Waals surface area contributed by atoms with Gasteiger partial charge < -0.3 is 4.57 Å². The Hall–Kier alpha value is -4.77. The Balaban J connectivity index is 1.53. The van der Waals surface area contributed by atoms with Crippen LogP contribution in [0.15, 0.2) is 84.1 Å². The standard InChI is InChI=1S/C25H19N5O3/c26-14-19-8-1-2-9-20(19)16-29-17-21(22-10-4-6-12-24(22)29)15-27-28-25(31)13-18-7-3-5-11-23(18)30(32)33/h1-12,15,17H,13,16H2,(H,28,31)/b27-15+. The number of nitrogens with one attached hydrogen (secondary N) is 1. The third-order valence-corrected chi connectivity index (χ3v) is 5.23. The molecule has 8 nitrogen and oxygen atoms in total. The van der Waals surface area contributed by atoms with Gasteiger partial charge in [-0.3, -0.25) is 14.9 Å². The molecule has 33 heavy (non-hydrogen) atoms. The largest absolute Gasteiger partial charge is 0.342 e. The molecule has 1 amide bonds. The molecule has 0 atom stereocenters. The summed E-state index contributed by atoms with van der Waals surface area (Å²) in [6.45, 7) is 0.516. The molecule has 1 heterocycles. The second-order valence-corrected chi connectivity index (χ2v) is 7.35. The van der Waals surface area contributed by atoms with Crippen LogP contribution in [0.1, 0.15) is 22.3 Å². The van der Waals surface area contributed by atoms with E-state index in [9.17, 15) is 20.2 Å². The molecule has 0 aliphatic rings. The van der Waals surface area contributed by atoms with Crippen molar-refractivity contribution in [2.75, 3.05) is 0 Å². The Kier molecular flexibility index (Phi) is 6.23. The molecule has 0 saturated heterocycles. The number of hydrazone groups is 1. The number of para-hydroxylation sites is 2. The van der Waals surface area contributed by atoms with Gasteiger partial charge in [0.05, 0.1) is 29.2 Å². The van der Waals surface area contributed by atoms with Crippen molar-refractivity contribution in [2.45, 2.75) is 13.0 Å². The molecule has 0 aliphatic heterocycles. The summed E-state index contributed by atoms with van der Waals surface area (Å²) < 4.78 is 2.03. The number of hydrogen-bond donors (Lipinski definition) is 1.